The summed E-state index contributed by atoms with van der Waals surface area (Å²) >= 11 is 0. The molecule has 0 bridgehead atoms. The molecule has 0 radical (unpaired) electrons. The van der Waals surface area contributed by atoms with Crippen molar-refractivity contribution < 1.29 is 33.8 Å². The number of benzene rings is 1. The lowest BCUT2D eigenvalue weighted by molar-refractivity contribution is -0.133. The number of carbonyl (C=O) groups excluding carboxylic acids is 4. The zero-order chi connectivity index (χ0) is 24.2. The molecule has 0 saturated carbocycles. The number of nitrogens with one attached hydrogen (secondary N) is 4. The lowest BCUT2D eigenvalue weighted by Crippen LogP contribution is -2.55. The second-order valence-corrected chi connectivity index (χ2v) is 7.49. The van der Waals surface area contributed by atoms with Crippen LogP contribution in [0.15, 0.2) is 24.3 Å². The van der Waals surface area contributed by atoms with E-state index in [1.807, 2.05) is 6.92 Å². The lowest BCUT2D eigenvalue weighted by atomic mass is 10.1. The monoisotopic (exact) mass is 464 g/mol. The first-order chi connectivity index (χ1) is 15.8. The molecule has 1 aromatic carbocycles. The van der Waals surface area contributed by atoms with Crippen molar-refractivity contribution in [2.45, 2.75) is 44.9 Å². The molecule has 0 unspecified atom stereocenters. The summed E-state index contributed by atoms with van der Waals surface area (Å²) in [6.45, 7) is 4.61. The molecular formula is C22H32N4O7. The third-order valence-corrected chi connectivity index (χ3v) is 4.85. The van der Waals surface area contributed by atoms with Gasteiger partial charge in [-0.05, 0) is 32.4 Å². The van der Waals surface area contributed by atoms with Gasteiger partial charge in [-0.25, -0.2) is 0 Å². The first-order valence-corrected chi connectivity index (χ1v) is 11.0. The van der Waals surface area contributed by atoms with Crippen molar-refractivity contribution in [3.05, 3.63) is 29.8 Å². The van der Waals surface area contributed by atoms with E-state index in [2.05, 4.69) is 21.3 Å². The topological polar surface area (TPSA) is 155 Å². The van der Waals surface area contributed by atoms with Gasteiger partial charge in [0.05, 0.1) is 31.3 Å². The summed E-state index contributed by atoms with van der Waals surface area (Å²) in [5, 5.41) is 20.2. The number of carbonyl (C=O) groups is 4. The number of para-hydroxylation sites is 1. The lowest BCUT2D eigenvalue weighted by Gasteiger charge is -2.23. The second-order valence-electron chi connectivity index (χ2n) is 7.49. The van der Waals surface area contributed by atoms with Crippen molar-refractivity contribution in [3.8, 4) is 5.75 Å². The minimum atomic E-state index is -1.23. The van der Waals surface area contributed by atoms with E-state index in [0.29, 0.717) is 18.8 Å². The Labute approximate surface area is 192 Å². The highest BCUT2D eigenvalue weighted by Gasteiger charge is 2.30. The van der Waals surface area contributed by atoms with Gasteiger partial charge in [-0.15, -0.1) is 0 Å². The van der Waals surface area contributed by atoms with Crippen LogP contribution in [0.5, 0.6) is 5.75 Å². The van der Waals surface area contributed by atoms with Gasteiger partial charge >= 0.3 is 0 Å². The number of hydrogen-bond acceptors (Lipinski definition) is 7. The number of fused-ring (bicyclic) bond motifs is 1. The van der Waals surface area contributed by atoms with Crippen LogP contribution in [0.4, 0.5) is 0 Å². The number of aliphatic hydroxyl groups excluding tert-OH is 1. The molecule has 5 N–H and O–H groups in total. The van der Waals surface area contributed by atoms with Crippen molar-refractivity contribution in [2.75, 3.05) is 32.9 Å². The highest BCUT2D eigenvalue weighted by atomic mass is 16.5. The number of ether oxygens (including phenoxy) is 2. The van der Waals surface area contributed by atoms with E-state index >= 15 is 0 Å². The van der Waals surface area contributed by atoms with Crippen LogP contribution in [0.25, 0.3) is 0 Å². The summed E-state index contributed by atoms with van der Waals surface area (Å²) < 4.78 is 10.9. The second kappa shape index (κ2) is 13.4. The number of hydrogen-bond donors (Lipinski definition) is 5. The van der Waals surface area contributed by atoms with Crippen molar-refractivity contribution in [2.24, 2.45) is 0 Å². The standard InChI is InChI=1S/C22H32N4O7/c1-3-32-12-10-24-21(30)16-13-18(28)26-19(14(2)27)22(31)23-9-6-11-33-17-8-5-4-7-15(17)20(29)25-16/h4-5,7-8,14,16,19,27H,3,6,9-13H2,1-2H3,(H,23,31)(H,24,30)(H,25,29)(H,26,28)/t14-,16+,19+/m1/s1. The molecule has 0 fully saturated rings. The van der Waals surface area contributed by atoms with Crippen molar-refractivity contribution >= 4 is 23.6 Å². The molecule has 11 heteroatoms. The minimum Gasteiger partial charge on any atom is -0.493 e. The predicted molar refractivity (Wildman–Crippen MR) is 119 cm³/mol. The zero-order valence-electron chi connectivity index (χ0n) is 18.9. The van der Waals surface area contributed by atoms with Crippen molar-refractivity contribution in [1.82, 2.24) is 21.3 Å². The molecule has 33 heavy (non-hydrogen) atoms. The van der Waals surface area contributed by atoms with E-state index in [-0.39, 0.29) is 31.9 Å². The smallest absolute Gasteiger partial charge is 0.255 e. The fraction of sp³-hybridized carbons (Fsp3) is 0.545. The molecule has 2 rings (SSSR count). The molecule has 11 nitrogen and oxygen atoms in total. The van der Waals surface area contributed by atoms with Gasteiger partial charge in [0.15, 0.2) is 0 Å². The number of rotatable bonds is 6. The van der Waals surface area contributed by atoms with E-state index in [9.17, 15) is 24.3 Å². The predicted octanol–water partition coefficient (Wildman–Crippen LogP) is -0.908. The van der Waals surface area contributed by atoms with Gasteiger partial charge in [0.1, 0.15) is 17.8 Å². The molecule has 1 heterocycles. The van der Waals surface area contributed by atoms with Crippen LogP contribution in [0.1, 0.15) is 37.0 Å². The van der Waals surface area contributed by atoms with Crippen LogP contribution >= 0.6 is 0 Å². The van der Waals surface area contributed by atoms with Crippen molar-refractivity contribution in [3.63, 3.8) is 0 Å². The molecule has 0 spiro atoms. The molecule has 1 aliphatic rings. The Kier molecular flexibility index (Phi) is 10.6. The number of amides is 4. The maximum Gasteiger partial charge on any atom is 0.255 e. The Morgan fingerprint density at radius 2 is 2.03 bits per heavy atom. The summed E-state index contributed by atoms with van der Waals surface area (Å²) in [6.07, 6.45) is -1.17. The van der Waals surface area contributed by atoms with Crippen LogP contribution in [0.3, 0.4) is 0 Å². The van der Waals surface area contributed by atoms with Crippen LogP contribution < -0.4 is 26.0 Å². The van der Waals surface area contributed by atoms with Crippen LogP contribution in [0, 0.1) is 0 Å². The highest BCUT2D eigenvalue weighted by Crippen LogP contribution is 2.18. The van der Waals surface area contributed by atoms with E-state index in [0.717, 1.165) is 0 Å². The van der Waals surface area contributed by atoms with E-state index in [1.165, 1.54) is 6.92 Å². The maximum atomic E-state index is 12.9. The van der Waals surface area contributed by atoms with Gasteiger partial charge in [0.25, 0.3) is 5.91 Å². The fourth-order valence-electron chi connectivity index (χ4n) is 3.14. The molecule has 0 saturated heterocycles. The Bertz CT molecular complexity index is 831. The largest absolute Gasteiger partial charge is 0.493 e. The zero-order valence-corrected chi connectivity index (χ0v) is 18.9. The summed E-state index contributed by atoms with van der Waals surface area (Å²) in [5.41, 5.74) is 0.214. The van der Waals surface area contributed by atoms with E-state index < -0.39 is 48.2 Å². The van der Waals surface area contributed by atoms with Gasteiger partial charge in [0, 0.05) is 19.7 Å². The Hall–Kier alpha value is -3.18. The molecule has 4 amide bonds. The first-order valence-electron chi connectivity index (χ1n) is 11.0. The molecular weight excluding hydrogens is 432 g/mol. The average Bonchev–Trinajstić information content (AvgIpc) is 2.79. The summed E-state index contributed by atoms with van der Waals surface area (Å²) in [4.78, 5) is 50.7. The van der Waals surface area contributed by atoms with Crippen LogP contribution in [0.2, 0.25) is 0 Å². The fourth-order valence-corrected chi connectivity index (χ4v) is 3.14. The Balaban J connectivity index is 2.26. The molecule has 182 valence electrons. The summed E-state index contributed by atoms with van der Waals surface area (Å²) in [6, 6.07) is 4.11. The first kappa shape index (κ1) is 26.1. The molecule has 3 atom stereocenters. The quantitative estimate of drug-likeness (QED) is 0.342. The van der Waals surface area contributed by atoms with Crippen LogP contribution in [-0.2, 0) is 19.1 Å². The molecule has 0 aromatic heterocycles. The van der Waals surface area contributed by atoms with Crippen LogP contribution in [-0.4, -0.2) is 79.8 Å². The molecule has 1 aromatic rings. The van der Waals surface area contributed by atoms with E-state index in [1.54, 1.807) is 24.3 Å². The summed E-state index contributed by atoms with van der Waals surface area (Å²) in [5.74, 6) is -2.09. The normalized spacial score (nSPS) is 21.1. The van der Waals surface area contributed by atoms with Gasteiger partial charge in [0.2, 0.25) is 17.7 Å². The third-order valence-electron chi connectivity index (χ3n) is 4.85. The highest BCUT2D eigenvalue weighted by molar-refractivity contribution is 6.01. The van der Waals surface area contributed by atoms with Gasteiger partial charge in [-0.1, -0.05) is 12.1 Å². The minimum absolute atomic E-state index is 0.194. The SMILES string of the molecule is CCOCCNC(=O)[C@@H]1CC(=O)N[C@@H]([C@@H](C)O)C(=O)NCCCOc2ccccc2C(=O)N1. The maximum absolute atomic E-state index is 12.9. The van der Waals surface area contributed by atoms with Gasteiger partial charge < -0.3 is 35.8 Å². The Morgan fingerprint density at radius 3 is 2.76 bits per heavy atom. The molecule has 0 aliphatic carbocycles. The summed E-state index contributed by atoms with van der Waals surface area (Å²) in [7, 11) is 0. The third kappa shape index (κ3) is 8.35. The average molecular weight is 465 g/mol. The van der Waals surface area contributed by atoms with Gasteiger partial charge in [-0.3, -0.25) is 19.2 Å². The molecule has 1 aliphatic heterocycles. The van der Waals surface area contributed by atoms with E-state index in [4.69, 9.17) is 9.47 Å². The number of aliphatic hydroxyl groups is 1. The van der Waals surface area contributed by atoms with Crippen molar-refractivity contribution in [1.29, 1.82) is 0 Å². The Morgan fingerprint density at radius 1 is 1.27 bits per heavy atom. The van der Waals surface area contributed by atoms with Gasteiger partial charge in [-0.2, -0.15) is 0 Å².